The van der Waals surface area contributed by atoms with E-state index in [4.69, 9.17) is 0 Å². The van der Waals surface area contributed by atoms with Crippen molar-refractivity contribution in [3.05, 3.63) is 0 Å². The van der Waals surface area contributed by atoms with Crippen molar-refractivity contribution in [3.8, 4) is 0 Å². The van der Waals surface area contributed by atoms with Gasteiger partial charge in [-0.2, -0.15) is 0 Å². The Labute approximate surface area is 114 Å². The van der Waals surface area contributed by atoms with Crippen molar-refractivity contribution in [2.45, 2.75) is 46.0 Å². The molecule has 0 bridgehead atoms. The molecule has 19 heavy (non-hydrogen) atoms. The van der Waals surface area contributed by atoms with Crippen molar-refractivity contribution >= 4 is 11.9 Å². The van der Waals surface area contributed by atoms with Crippen molar-refractivity contribution in [3.63, 3.8) is 0 Å². The van der Waals surface area contributed by atoms with E-state index in [9.17, 15) is 19.8 Å². The van der Waals surface area contributed by atoms with Gasteiger partial charge in [0.1, 0.15) is 0 Å². The van der Waals surface area contributed by atoms with E-state index in [1.807, 2.05) is 13.8 Å². The van der Waals surface area contributed by atoms with Crippen LogP contribution >= 0.6 is 0 Å². The van der Waals surface area contributed by atoms with Gasteiger partial charge in [0.05, 0.1) is 11.8 Å². The minimum Gasteiger partial charge on any atom is -0.481 e. The summed E-state index contributed by atoms with van der Waals surface area (Å²) in [4.78, 5) is 23.2. The van der Waals surface area contributed by atoms with Crippen LogP contribution in [-0.4, -0.2) is 22.2 Å². The molecule has 0 aromatic carbocycles. The van der Waals surface area contributed by atoms with Gasteiger partial charge in [0.25, 0.3) is 0 Å². The van der Waals surface area contributed by atoms with E-state index in [2.05, 4.69) is 0 Å². The lowest BCUT2D eigenvalue weighted by Gasteiger charge is -2.50. The highest BCUT2D eigenvalue weighted by atomic mass is 16.4. The van der Waals surface area contributed by atoms with Gasteiger partial charge in [-0.1, -0.05) is 33.1 Å². The zero-order valence-electron chi connectivity index (χ0n) is 11.7. The van der Waals surface area contributed by atoms with Gasteiger partial charge in [0.15, 0.2) is 0 Å². The van der Waals surface area contributed by atoms with E-state index in [0.717, 1.165) is 32.1 Å². The summed E-state index contributed by atoms with van der Waals surface area (Å²) in [6.45, 7) is 3.87. The number of fused-ring (bicyclic) bond motifs is 1. The number of aliphatic carboxylic acids is 2. The molecule has 2 aliphatic carbocycles. The van der Waals surface area contributed by atoms with E-state index in [1.54, 1.807) is 0 Å². The minimum absolute atomic E-state index is 0.147. The maximum absolute atomic E-state index is 11.6. The van der Waals surface area contributed by atoms with Crippen molar-refractivity contribution < 1.29 is 19.8 Å². The van der Waals surface area contributed by atoms with Crippen LogP contribution < -0.4 is 0 Å². The van der Waals surface area contributed by atoms with E-state index in [-0.39, 0.29) is 23.7 Å². The first kappa shape index (κ1) is 14.4. The molecular formula is C15H24O4. The number of hydrogen-bond donors (Lipinski definition) is 2. The number of carbonyl (C=O) groups is 2. The molecule has 2 N–H and O–H groups in total. The molecule has 0 saturated heterocycles. The molecule has 0 heterocycles. The summed E-state index contributed by atoms with van der Waals surface area (Å²) >= 11 is 0. The summed E-state index contributed by atoms with van der Waals surface area (Å²) in [5, 5.41) is 19.0. The number of carboxylic acids is 2. The first-order valence-electron chi connectivity index (χ1n) is 7.44. The number of rotatable bonds is 3. The van der Waals surface area contributed by atoms with Gasteiger partial charge >= 0.3 is 11.9 Å². The standard InChI is InChI=1S/C15H24O4/c1-3-9-10-6-4-5-7-11(10)13(15(18)19)8(2)12(9)14(16)17/h8-13H,3-7H2,1-2H3,(H,16,17)(H,18,19). The van der Waals surface area contributed by atoms with Crippen molar-refractivity contribution in [1.29, 1.82) is 0 Å². The molecule has 4 heteroatoms. The Bertz CT molecular complexity index is 341. The molecule has 108 valence electrons. The molecule has 2 aliphatic rings. The van der Waals surface area contributed by atoms with Crippen LogP contribution in [0.15, 0.2) is 0 Å². The van der Waals surface area contributed by atoms with Gasteiger partial charge in [0, 0.05) is 0 Å². The monoisotopic (exact) mass is 268 g/mol. The van der Waals surface area contributed by atoms with Crippen molar-refractivity contribution in [2.24, 2.45) is 35.5 Å². The van der Waals surface area contributed by atoms with Crippen LogP contribution in [0.5, 0.6) is 0 Å². The molecule has 6 unspecified atom stereocenters. The largest absolute Gasteiger partial charge is 0.481 e. The maximum Gasteiger partial charge on any atom is 0.307 e. The fourth-order valence-corrected chi connectivity index (χ4v) is 4.81. The second-order valence-electron chi connectivity index (χ2n) is 6.27. The summed E-state index contributed by atoms with van der Waals surface area (Å²) in [7, 11) is 0. The number of carboxylic acid groups (broad SMARTS) is 2. The van der Waals surface area contributed by atoms with Gasteiger partial charge in [-0.3, -0.25) is 9.59 Å². The Hall–Kier alpha value is -1.06. The van der Waals surface area contributed by atoms with E-state index in [0.29, 0.717) is 0 Å². The van der Waals surface area contributed by atoms with Crippen molar-refractivity contribution in [1.82, 2.24) is 0 Å². The predicted molar refractivity (Wildman–Crippen MR) is 70.6 cm³/mol. The van der Waals surface area contributed by atoms with Crippen molar-refractivity contribution in [2.75, 3.05) is 0 Å². The topological polar surface area (TPSA) is 74.6 Å². The molecule has 6 atom stereocenters. The molecule has 0 radical (unpaired) electrons. The molecular weight excluding hydrogens is 244 g/mol. The average molecular weight is 268 g/mol. The van der Waals surface area contributed by atoms with Crippen LogP contribution in [0.4, 0.5) is 0 Å². The van der Waals surface area contributed by atoms with Crippen LogP contribution in [0.2, 0.25) is 0 Å². The molecule has 0 aromatic rings. The van der Waals surface area contributed by atoms with Gasteiger partial charge in [-0.15, -0.1) is 0 Å². The summed E-state index contributed by atoms with van der Waals surface area (Å²) in [6, 6.07) is 0. The first-order valence-corrected chi connectivity index (χ1v) is 7.44. The van der Waals surface area contributed by atoms with Crippen LogP contribution in [0.25, 0.3) is 0 Å². The van der Waals surface area contributed by atoms with E-state index in [1.165, 1.54) is 0 Å². The lowest BCUT2D eigenvalue weighted by Crippen LogP contribution is -2.51. The molecule has 0 amide bonds. The third-order valence-electron chi connectivity index (χ3n) is 5.52. The zero-order chi connectivity index (χ0) is 14.2. The predicted octanol–water partition coefficient (Wildman–Crippen LogP) is 2.87. The molecule has 0 spiro atoms. The highest BCUT2D eigenvalue weighted by Gasteiger charge is 2.53. The molecule has 2 fully saturated rings. The van der Waals surface area contributed by atoms with E-state index >= 15 is 0 Å². The lowest BCUT2D eigenvalue weighted by atomic mass is 9.53. The van der Waals surface area contributed by atoms with Crippen LogP contribution in [0.1, 0.15) is 46.0 Å². The maximum atomic E-state index is 11.6. The highest BCUT2D eigenvalue weighted by molar-refractivity contribution is 5.75. The SMILES string of the molecule is CCC1C2CCCCC2C(C(=O)O)C(C)C1C(=O)O. The second-order valence-corrected chi connectivity index (χ2v) is 6.27. The fraction of sp³-hybridized carbons (Fsp3) is 0.867. The van der Waals surface area contributed by atoms with E-state index < -0.39 is 23.8 Å². The summed E-state index contributed by atoms with van der Waals surface area (Å²) < 4.78 is 0. The fourth-order valence-electron chi connectivity index (χ4n) is 4.81. The lowest BCUT2D eigenvalue weighted by molar-refractivity contribution is -0.165. The third-order valence-corrected chi connectivity index (χ3v) is 5.52. The molecule has 4 nitrogen and oxygen atoms in total. The Morgan fingerprint density at radius 1 is 1.00 bits per heavy atom. The Kier molecular flexibility index (Phi) is 4.16. The van der Waals surface area contributed by atoms with Gasteiger partial charge < -0.3 is 10.2 Å². The third kappa shape index (κ3) is 2.37. The normalized spacial score (nSPS) is 42.4. The summed E-state index contributed by atoms with van der Waals surface area (Å²) in [5.41, 5.74) is 0. The van der Waals surface area contributed by atoms with Gasteiger partial charge in [0.2, 0.25) is 0 Å². The van der Waals surface area contributed by atoms with Crippen LogP contribution in [0.3, 0.4) is 0 Å². The second kappa shape index (κ2) is 5.51. The van der Waals surface area contributed by atoms with Gasteiger partial charge in [-0.05, 0) is 36.5 Å². The Morgan fingerprint density at radius 2 is 1.53 bits per heavy atom. The van der Waals surface area contributed by atoms with Gasteiger partial charge in [-0.25, -0.2) is 0 Å². The molecule has 0 aliphatic heterocycles. The highest BCUT2D eigenvalue weighted by Crippen LogP contribution is 2.52. The average Bonchev–Trinajstić information content (AvgIpc) is 2.36. The number of hydrogen-bond acceptors (Lipinski definition) is 2. The first-order chi connectivity index (χ1) is 8.99. The quantitative estimate of drug-likeness (QED) is 0.825. The van der Waals surface area contributed by atoms with Crippen LogP contribution in [-0.2, 0) is 9.59 Å². The Morgan fingerprint density at radius 3 is 2.00 bits per heavy atom. The molecule has 0 aromatic heterocycles. The minimum atomic E-state index is -0.811. The zero-order valence-corrected chi connectivity index (χ0v) is 11.7. The summed E-state index contributed by atoms with van der Waals surface area (Å²) in [6.07, 6.45) is 5.00. The Balaban J connectivity index is 2.37. The summed E-state index contributed by atoms with van der Waals surface area (Å²) in [5.74, 6) is -2.23. The molecule has 2 rings (SSSR count). The van der Waals surface area contributed by atoms with Crippen LogP contribution in [0, 0.1) is 35.5 Å². The molecule has 2 saturated carbocycles. The smallest absolute Gasteiger partial charge is 0.307 e.